The third-order valence-corrected chi connectivity index (χ3v) is 11.0. The highest BCUT2D eigenvalue weighted by molar-refractivity contribution is 7.25. The molecule has 0 saturated heterocycles. The summed E-state index contributed by atoms with van der Waals surface area (Å²) in [4.78, 5) is 10.3. The third-order valence-electron chi connectivity index (χ3n) is 9.84. The van der Waals surface area contributed by atoms with Crippen molar-refractivity contribution < 1.29 is 0 Å². The summed E-state index contributed by atoms with van der Waals surface area (Å²) in [5, 5.41) is 2.64. The van der Waals surface area contributed by atoms with Crippen molar-refractivity contribution in [2.45, 2.75) is 0 Å². The van der Waals surface area contributed by atoms with Gasteiger partial charge in [0, 0.05) is 42.6 Å². The predicted octanol–water partition coefficient (Wildman–Crippen LogP) is 13.1. The van der Waals surface area contributed by atoms with Crippen LogP contribution in [0.25, 0.3) is 93.0 Å². The van der Waals surface area contributed by atoms with Gasteiger partial charge in [-0.25, -0.2) is 9.97 Å². The summed E-state index contributed by atoms with van der Waals surface area (Å²) < 4.78 is 4.89. The van der Waals surface area contributed by atoms with Gasteiger partial charge in [-0.3, -0.25) is 4.57 Å². The van der Waals surface area contributed by atoms with E-state index in [0.29, 0.717) is 0 Å². The van der Waals surface area contributed by atoms with Crippen LogP contribution in [0.2, 0.25) is 0 Å². The highest BCUT2D eigenvalue weighted by Crippen LogP contribution is 2.38. The molecule has 3 aromatic heterocycles. The van der Waals surface area contributed by atoms with Gasteiger partial charge in [0.05, 0.1) is 22.4 Å². The van der Waals surface area contributed by atoms with Gasteiger partial charge in [-0.2, -0.15) is 0 Å². The molecule has 244 valence electrons. The molecule has 10 rings (SSSR count). The molecular weight excluding hydrogens is 651 g/mol. The fourth-order valence-corrected chi connectivity index (χ4v) is 8.30. The van der Waals surface area contributed by atoms with Crippen LogP contribution in [0.4, 0.5) is 0 Å². The van der Waals surface area contributed by atoms with Crippen molar-refractivity contribution in [2.75, 3.05) is 0 Å². The van der Waals surface area contributed by atoms with E-state index in [1.165, 1.54) is 31.3 Å². The number of fused-ring (bicyclic) bond motifs is 4. The van der Waals surface area contributed by atoms with Crippen LogP contribution in [-0.4, -0.2) is 14.5 Å². The second kappa shape index (κ2) is 12.6. The molecule has 7 aromatic carbocycles. The van der Waals surface area contributed by atoms with Gasteiger partial charge in [-0.15, -0.1) is 11.3 Å². The minimum atomic E-state index is 0.914. The average molecular weight is 682 g/mol. The van der Waals surface area contributed by atoms with Crippen LogP contribution < -0.4 is 0 Å². The highest BCUT2D eigenvalue weighted by Gasteiger charge is 2.15. The van der Waals surface area contributed by atoms with Crippen LogP contribution in [0, 0.1) is 0 Å². The SMILES string of the molecule is c1ccc(-c2cc(-c3ccc(-c4ccc5sc6ccccc6c5c4)cc3)cc(-c3ccc(-c4nc5ccccc5n4-c4ccccc4)cc3)n2)cc1. The van der Waals surface area contributed by atoms with Gasteiger partial charge in [-0.1, -0.05) is 133 Å². The maximum atomic E-state index is 5.20. The fourth-order valence-electron chi connectivity index (χ4n) is 7.21. The second-order valence-electron chi connectivity index (χ2n) is 13.1. The molecule has 10 aromatic rings. The number of hydrogen-bond acceptors (Lipinski definition) is 3. The maximum absolute atomic E-state index is 5.20. The Hall–Kier alpha value is -6.62. The molecule has 0 N–H and O–H groups in total. The molecule has 4 heteroatoms. The van der Waals surface area contributed by atoms with Crippen molar-refractivity contribution in [1.29, 1.82) is 0 Å². The van der Waals surface area contributed by atoms with Crippen molar-refractivity contribution in [3.05, 3.63) is 188 Å². The summed E-state index contributed by atoms with van der Waals surface area (Å²) in [6.45, 7) is 0. The second-order valence-corrected chi connectivity index (χ2v) is 14.1. The molecule has 0 unspecified atom stereocenters. The van der Waals surface area contributed by atoms with Crippen LogP contribution in [0.5, 0.6) is 0 Å². The molecular formula is C48H31N3S. The molecule has 0 saturated carbocycles. The van der Waals surface area contributed by atoms with E-state index < -0.39 is 0 Å². The monoisotopic (exact) mass is 681 g/mol. The first-order chi connectivity index (χ1) is 25.7. The van der Waals surface area contributed by atoms with Gasteiger partial charge in [0.1, 0.15) is 5.82 Å². The van der Waals surface area contributed by atoms with E-state index in [0.717, 1.165) is 61.8 Å². The summed E-state index contributed by atoms with van der Waals surface area (Å²) in [6, 6.07) is 66.7. The molecule has 0 aliphatic rings. The molecule has 3 nitrogen and oxygen atoms in total. The summed E-state index contributed by atoms with van der Waals surface area (Å²) in [5.41, 5.74) is 12.9. The topological polar surface area (TPSA) is 30.7 Å². The van der Waals surface area contributed by atoms with Crippen molar-refractivity contribution in [2.24, 2.45) is 0 Å². The normalized spacial score (nSPS) is 11.5. The highest BCUT2D eigenvalue weighted by atomic mass is 32.1. The number of pyridine rings is 1. The molecule has 0 fully saturated rings. The molecule has 0 aliphatic carbocycles. The number of benzene rings is 7. The Labute approximate surface area is 305 Å². The quantitative estimate of drug-likeness (QED) is 0.175. The number of rotatable bonds is 6. The molecule has 0 radical (unpaired) electrons. The summed E-state index contributed by atoms with van der Waals surface area (Å²) in [6.07, 6.45) is 0. The lowest BCUT2D eigenvalue weighted by Gasteiger charge is -2.12. The average Bonchev–Trinajstić information content (AvgIpc) is 3.80. The van der Waals surface area contributed by atoms with Gasteiger partial charge in [0.15, 0.2) is 0 Å². The van der Waals surface area contributed by atoms with E-state index in [9.17, 15) is 0 Å². The van der Waals surface area contributed by atoms with Crippen LogP contribution in [-0.2, 0) is 0 Å². The Balaban J connectivity index is 1.03. The third kappa shape index (κ3) is 5.38. The number of thiophene rings is 1. The summed E-state index contributed by atoms with van der Waals surface area (Å²) in [5.74, 6) is 0.914. The Morgan fingerprint density at radius 3 is 1.69 bits per heavy atom. The molecule has 0 atom stereocenters. The molecule has 3 heterocycles. The summed E-state index contributed by atoms with van der Waals surface area (Å²) >= 11 is 1.85. The lowest BCUT2D eigenvalue weighted by atomic mass is 9.97. The Morgan fingerprint density at radius 2 is 0.923 bits per heavy atom. The van der Waals surface area contributed by atoms with Crippen LogP contribution >= 0.6 is 11.3 Å². The number of aromatic nitrogens is 3. The molecule has 0 amide bonds. The Bertz CT molecular complexity index is 2870. The molecule has 0 aliphatic heterocycles. The number of imidazole rings is 1. The van der Waals surface area contributed by atoms with Gasteiger partial charge >= 0.3 is 0 Å². The van der Waals surface area contributed by atoms with Crippen molar-refractivity contribution in [3.63, 3.8) is 0 Å². The van der Waals surface area contributed by atoms with E-state index in [4.69, 9.17) is 9.97 Å². The lowest BCUT2D eigenvalue weighted by molar-refractivity contribution is 1.10. The fraction of sp³-hybridized carbons (Fsp3) is 0. The van der Waals surface area contributed by atoms with Gasteiger partial charge < -0.3 is 0 Å². The van der Waals surface area contributed by atoms with Crippen molar-refractivity contribution in [3.8, 4) is 61.8 Å². The number of para-hydroxylation sites is 3. The zero-order valence-electron chi connectivity index (χ0n) is 28.1. The van der Waals surface area contributed by atoms with Crippen LogP contribution in [0.15, 0.2) is 188 Å². The van der Waals surface area contributed by atoms with E-state index in [1.807, 2.05) is 29.5 Å². The van der Waals surface area contributed by atoms with Crippen molar-refractivity contribution in [1.82, 2.24) is 14.5 Å². The van der Waals surface area contributed by atoms with Gasteiger partial charge in [-0.05, 0) is 76.9 Å². The van der Waals surface area contributed by atoms with E-state index >= 15 is 0 Å². The number of nitrogens with zero attached hydrogens (tertiary/aromatic N) is 3. The van der Waals surface area contributed by atoms with Gasteiger partial charge in [0.25, 0.3) is 0 Å². The lowest BCUT2D eigenvalue weighted by Crippen LogP contribution is -1.97. The predicted molar refractivity (Wildman–Crippen MR) is 219 cm³/mol. The van der Waals surface area contributed by atoms with Gasteiger partial charge in [0.2, 0.25) is 0 Å². The van der Waals surface area contributed by atoms with E-state index in [1.54, 1.807) is 0 Å². The Kier molecular flexibility index (Phi) is 7.33. The minimum absolute atomic E-state index is 0.914. The molecule has 0 bridgehead atoms. The number of hydrogen-bond donors (Lipinski definition) is 0. The first kappa shape index (κ1) is 30.2. The first-order valence-electron chi connectivity index (χ1n) is 17.5. The smallest absolute Gasteiger partial charge is 0.145 e. The minimum Gasteiger partial charge on any atom is -0.292 e. The van der Waals surface area contributed by atoms with E-state index in [2.05, 4.69) is 174 Å². The van der Waals surface area contributed by atoms with Crippen LogP contribution in [0.3, 0.4) is 0 Å². The van der Waals surface area contributed by atoms with E-state index in [-0.39, 0.29) is 0 Å². The largest absolute Gasteiger partial charge is 0.292 e. The zero-order valence-corrected chi connectivity index (χ0v) is 29.0. The van der Waals surface area contributed by atoms with Crippen molar-refractivity contribution >= 4 is 42.5 Å². The van der Waals surface area contributed by atoms with Crippen LogP contribution in [0.1, 0.15) is 0 Å². The summed E-state index contributed by atoms with van der Waals surface area (Å²) in [7, 11) is 0. The molecule has 52 heavy (non-hydrogen) atoms. The zero-order chi connectivity index (χ0) is 34.4. The standard InChI is InChI=1S/C48H31N3S/c1-3-11-34(12-4-1)43-30-38(33-21-19-32(20-22-33)37-27-28-47-41(29-37)40-15-7-10-18-46(40)52-47)31-44(49-43)35-23-25-36(26-24-35)48-50-42-16-8-9-17-45(42)51(48)39-13-5-2-6-14-39/h1-31H. The molecule has 0 spiro atoms. The first-order valence-corrected chi connectivity index (χ1v) is 18.3. The Morgan fingerprint density at radius 1 is 0.365 bits per heavy atom. The maximum Gasteiger partial charge on any atom is 0.145 e.